The molecule has 0 saturated carbocycles. The summed E-state index contributed by atoms with van der Waals surface area (Å²) in [5.41, 5.74) is 6.31. The molecule has 0 bridgehead atoms. The van der Waals surface area contributed by atoms with E-state index in [0.29, 0.717) is 11.2 Å². The SMILES string of the molecule is N.N.N.N.[15NH2][13c]1[15n][13cH][15n][13c]2[13c]1[15n][13cH][15n]2[13C@H]1[13CH2][13C@@H](O)[13C@@H]([13CH2]OP(=O)(O)OP(=O)(O)OP(=O)(O)O)O1. The van der Waals surface area contributed by atoms with Crippen LogP contribution in [0, 0.1) is 0 Å². The Hall–Kier alpha value is -1.48. The monoisotopic (exact) mass is 574 g/mol. The van der Waals surface area contributed by atoms with Crippen molar-refractivity contribution in [2.75, 3.05) is 12.3 Å². The number of hydrogen-bond acceptors (Lipinski definition) is 16. The van der Waals surface area contributed by atoms with Gasteiger partial charge in [0.2, 0.25) is 0 Å². The number of aromatic nitrogens is 4. The Balaban J connectivity index is 0. The number of rotatable bonds is 8. The number of phosphoric acid groups is 3. The fourth-order valence-corrected chi connectivity index (χ4v) is 5.62. The van der Waals surface area contributed by atoms with Crippen LogP contribution in [0.15, 0.2) is 12.7 Å². The third-order valence-corrected chi connectivity index (χ3v) is 7.52. The molecule has 0 radical (unpaired) electrons. The van der Waals surface area contributed by atoms with Crippen molar-refractivity contribution >= 4 is 40.4 Å². The number of ether oxygens (including phenoxy) is 1. The molecule has 2 aromatic rings. The molecule has 2 unspecified atom stereocenters. The quantitative estimate of drug-likeness (QED) is 0.113. The predicted molar refractivity (Wildman–Crippen MR) is 114 cm³/mol. The molecule has 19 N–H and O–H groups in total. The van der Waals surface area contributed by atoms with Crippen molar-refractivity contribution in [3.05, 3.63) is 12.7 Å². The van der Waals surface area contributed by atoms with Crippen LogP contribution in [0.1, 0.15) is 12.6 Å². The Morgan fingerprint density at radius 3 is 2.24 bits per heavy atom. The second-order valence-electron chi connectivity index (χ2n) is 5.90. The fraction of sp³-hybridized carbons (Fsp3) is 0.500. The average Bonchev–Trinajstić information content (AvgIpc) is 3.14. The summed E-state index contributed by atoms with van der Waals surface area (Å²) in [7, 11) is -16.5. The van der Waals surface area contributed by atoms with Crippen molar-refractivity contribution in [2.45, 2.75) is 24.9 Å². The second-order valence-corrected chi connectivity index (χ2v) is 10.3. The first kappa shape index (κ1) is 34.7. The summed E-state index contributed by atoms with van der Waals surface area (Å²) in [4.78, 5) is 47.4. The first-order valence-electron chi connectivity index (χ1n) is 7.81. The Bertz CT molecular complexity index is 1080. The predicted octanol–water partition coefficient (Wildman–Crippen LogP) is 0.0482. The zero-order valence-corrected chi connectivity index (χ0v) is 20.1. The van der Waals surface area contributed by atoms with E-state index in [1.54, 1.807) is 0 Å². The number of nitrogen functional groups attached to an aromatic ring is 1. The maximum Gasteiger partial charge on any atom is 0.490 e. The Labute approximate surface area is 191 Å². The van der Waals surface area contributed by atoms with E-state index < -0.39 is 48.5 Å². The summed E-state index contributed by atoms with van der Waals surface area (Å²) >= 11 is 0. The second kappa shape index (κ2) is 12.5. The van der Waals surface area contributed by atoms with Crippen molar-refractivity contribution in [3.63, 3.8) is 0 Å². The van der Waals surface area contributed by atoms with Gasteiger partial charge in [0.15, 0.2) is 11.5 Å². The fourth-order valence-electron chi connectivity index (χ4n) is 2.59. The molecule has 0 amide bonds. The van der Waals surface area contributed by atoms with Crippen LogP contribution >= 0.6 is 23.5 Å². The van der Waals surface area contributed by atoms with Crippen molar-refractivity contribution in [1.29, 1.82) is 0 Å². The van der Waals surface area contributed by atoms with Crippen molar-refractivity contribution in [1.82, 2.24) is 44.1 Å². The van der Waals surface area contributed by atoms with E-state index in [1.165, 1.54) is 17.2 Å². The highest BCUT2D eigenvalue weighted by Gasteiger charge is 2.43. The van der Waals surface area contributed by atoms with Gasteiger partial charge in [0.05, 0.1) is 19.0 Å². The molecule has 34 heavy (non-hydrogen) atoms. The van der Waals surface area contributed by atoms with Crippen molar-refractivity contribution in [2.24, 2.45) is 0 Å². The smallest absolute Gasteiger partial charge is 0.390 e. The average molecular weight is 574 g/mol. The van der Waals surface area contributed by atoms with Crippen molar-refractivity contribution in [3.8, 4) is 0 Å². The molecule has 2 aromatic heterocycles. The third kappa shape index (κ3) is 8.63. The number of nitrogens with zero attached hydrogens (tertiary/aromatic N) is 4. The number of phosphoric ester groups is 1. The lowest BCUT2D eigenvalue weighted by Gasteiger charge is -2.19. The molecule has 200 valence electrons. The molecule has 5 atom stereocenters. The molecule has 0 aliphatic carbocycles. The number of aliphatic hydroxyl groups is 1. The van der Waals surface area contributed by atoms with E-state index in [9.17, 15) is 23.7 Å². The van der Waals surface area contributed by atoms with Gasteiger partial charge in [-0.25, -0.2) is 28.6 Å². The minimum atomic E-state index is -5.64. The zero-order valence-electron chi connectivity index (χ0n) is 17.4. The molecule has 1 fully saturated rings. The summed E-state index contributed by atoms with van der Waals surface area (Å²) in [5, 5.41) is 10.1. The van der Waals surface area contributed by atoms with Gasteiger partial charge in [0, 0.05) is 6.42 Å². The molecule has 3 heterocycles. The van der Waals surface area contributed by atoms with E-state index in [2.05, 4.69) is 28.1 Å². The highest BCUT2D eigenvalue weighted by molar-refractivity contribution is 7.66. The Morgan fingerprint density at radius 2 is 1.65 bits per heavy atom. The summed E-state index contributed by atoms with van der Waals surface area (Å²) in [6.07, 6.45) is -0.643. The summed E-state index contributed by atoms with van der Waals surface area (Å²) in [6.45, 7) is -0.787. The zero-order chi connectivity index (χ0) is 22.3. The number of imidazole rings is 1. The van der Waals surface area contributed by atoms with E-state index in [4.69, 9.17) is 25.2 Å². The van der Waals surface area contributed by atoms with Gasteiger partial charge in [-0.1, -0.05) is 0 Å². The molecule has 3 rings (SSSR count). The minimum absolute atomic E-state index is 0. The van der Waals surface area contributed by atoms with E-state index >= 15 is 0 Å². The largest absolute Gasteiger partial charge is 0.490 e. The van der Waals surface area contributed by atoms with Gasteiger partial charge in [-0.2, -0.15) is 8.62 Å². The maximum atomic E-state index is 11.8. The molecule has 0 spiro atoms. The molecule has 1 aliphatic heterocycles. The number of nitrogens with two attached hydrogens (primary N) is 1. The van der Waals surface area contributed by atoms with Crippen LogP contribution in [-0.4, -0.2) is 63.0 Å². The first-order chi connectivity index (χ1) is 13.8. The van der Waals surface area contributed by atoms with Gasteiger partial charge in [0.1, 0.15) is 24.2 Å². The van der Waals surface area contributed by atoms with E-state index in [0.717, 1.165) is 0 Å². The molecule has 21 nitrogen and oxygen atoms in total. The van der Waals surface area contributed by atoms with E-state index in [1.807, 2.05) is 0 Å². The van der Waals surface area contributed by atoms with Gasteiger partial charge in [-0.15, -0.1) is 0 Å². The minimum Gasteiger partial charge on any atom is -0.390 e. The van der Waals surface area contributed by atoms with Gasteiger partial charge < -0.3 is 59.8 Å². The van der Waals surface area contributed by atoms with E-state index in [-0.39, 0.29) is 36.8 Å². The molecule has 0 aromatic carbocycles. The van der Waals surface area contributed by atoms with Crippen LogP contribution < -0.4 is 30.3 Å². The highest BCUT2D eigenvalue weighted by Crippen LogP contribution is 2.66. The molecule has 1 saturated heterocycles. The van der Waals surface area contributed by atoms with Gasteiger partial charge in [-0.05, 0) is 0 Å². The maximum absolute atomic E-state index is 11.8. The lowest BCUT2D eigenvalue weighted by Crippen LogP contribution is -2.26. The van der Waals surface area contributed by atoms with Gasteiger partial charge >= 0.3 is 23.5 Å². The number of hydrogen-bond donors (Lipinski definition) is 10. The van der Waals surface area contributed by atoms with Crippen LogP contribution in [-0.2, 0) is 31.6 Å². The normalized spacial score (nSPS) is 23.4. The number of fused-ring (bicyclic) bond motifs is 1. The molecule has 1 aliphatic rings. The topological polar surface area (TPSA) is 399 Å². The van der Waals surface area contributed by atoms with Crippen LogP contribution in [0.25, 0.3) is 11.2 Å². The van der Waals surface area contributed by atoms with Gasteiger partial charge in [-0.3, -0.25) is 9.09 Å². The number of aliphatic hydroxyl groups excluding tert-OH is 1. The lowest BCUT2D eigenvalue weighted by molar-refractivity contribution is -0.0423. The summed E-state index contributed by atoms with van der Waals surface area (Å²) in [6, 6.07) is 0. The number of anilines is 1. The highest BCUT2D eigenvalue weighted by atomic mass is 31.3. The standard InChI is InChI=1S/C10H16N5O12P3.4H3N/c11-9-8-10(13-3-12-9)15(4-14-8)7-1-5(16)6(25-7)2-24-29(20,21)27-30(22,23)26-28(17,18)19;;;;/h3-7,16H,1-2H2,(H,20,21)(H,22,23)(H2,11,12,13)(H2,17,18,19);4*1H3/t5-,6-,7-;;;;/m1..../s1/i1+1,2+1,3+1,4+1,5+1,6+1,7+1,8+1,9+1,10+1,11+1,12+1,13+1,14+1,15+1;;;;. The molecular weight excluding hydrogens is 546 g/mol. The first-order valence-corrected chi connectivity index (χ1v) is 12.3. The van der Waals surface area contributed by atoms with Crippen LogP contribution in [0.4, 0.5) is 5.82 Å². The van der Waals surface area contributed by atoms with Gasteiger partial charge in [0.25, 0.3) is 0 Å². The summed E-state index contributed by atoms with van der Waals surface area (Å²) < 4.78 is 52.3. The third-order valence-electron chi connectivity index (χ3n) is 3.72. The Morgan fingerprint density at radius 1 is 1.03 bits per heavy atom. The lowest BCUT2D eigenvalue weighted by atomic mass is 11.1. The van der Waals surface area contributed by atoms with Crippen molar-refractivity contribution < 1.29 is 56.3 Å². The summed E-state index contributed by atoms with van der Waals surface area (Å²) in [5.74, 6) is 0.126. The van der Waals surface area contributed by atoms with Crippen LogP contribution in [0.5, 0.6) is 0 Å². The van der Waals surface area contributed by atoms with Crippen LogP contribution in [0.2, 0.25) is 0 Å². The Kier molecular flexibility index (Phi) is 12.7. The molecular formula is C10H28N9O12P3. The molecule has 24 heteroatoms. The van der Waals surface area contributed by atoms with Crippen LogP contribution in [0.3, 0.4) is 0 Å².